The van der Waals surface area contributed by atoms with Gasteiger partial charge >= 0.3 is 5.97 Å². The van der Waals surface area contributed by atoms with Gasteiger partial charge in [0, 0.05) is 16.6 Å². The van der Waals surface area contributed by atoms with Crippen LogP contribution in [0.5, 0.6) is 5.88 Å². The molecule has 0 bridgehead atoms. The molecule has 0 unspecified atom stereocenters. The summed E-state index contributed by atoms with van der Waals surface area (Å²) in [6.07, 6.45) is 0. The minimum absolute atomic E-state index is 0.0113. The van der Waals surface area contributed by atoms with Gasteiger partial charge in [0.1, 0.15) is 0 Å². The third-order valence-corrected chi connectivity index (χ3v) is 5.17. The third kappa shape index (κ3) is 3.83. The highest BCUT2D eigenvalue weighted by Crippen LogP contribution is 2.34. The van der Waals surface area contributed by atoms with Crippen LogP contribution in [-0.4, -0.2) is 32.4 Å². The Bertz CT molecular complexity index is 1390. The third-order valence-electron chi connectivity index (χ3n) is 5.17. The van der Waals surface area contributed by atoms with Crippen LogP contribution >= 0.6 is 0 Å². The molecule has 7 nitrogen and oxygen atoms in total. The number of carboxylic acid groups (broad SMARTS) is 1. The van der Waals surface area contributed by atoms with Crippen LogP contribution in [0, 0.1) is 6.92 Å². The number of nitrogens with one attached hydrogen (secondary N) is 1. The number of benzene rings is 3. The molecule has 0 atom stereocenters. The number of carboxylic acids is 1. The number of carbonyl (C=O) groups is 2. The van der Waals surface area contributed by atoms with Crippen molar-refractivity contribution >= 4 is 28.5 Å². The second-order valence-electron chi connectivity index (χ2n) is 7.41. The number of aromatic hydroxyl groups is 1. The number of rotatable bonds is 5. The van der Waals surface area contributed by atoms with Crippen molar-refractivity contribution in [1.82, 2.24) is 9.99 Å². The number of aromatic carboxylic acids is 1. The molecule has 1 heterocycles. The first-order valence-corrected chi connectivity index (χ1v) is 9.94. The van der Waals surface area contributed by atoms with Crippen molar-refractivity contribution in [2.45, 2.75) is 13.8 Å². The van der Waals surface area contributed by atoms with Crippen LogP contribution < -0.4 is 5.43 Å². The van der Waals surface area contributed by atoms with E-state index in [1.807, 2.05) is 55.5 Å². The smallest absolute Gasteiger partial charge is 0.335 e. The molecule has 3 N–H and O–H groups in total. The Balaban J connectivity index is 1.73. The van der Waals surface area contributed by atoms with Gasteiger partial charge in [0.25, 0.3) is 5.91 Å². The molecule has 32 heavy (non-hydrogen) atoms. The molecule has 160 valence electrons. The summed E-state index contributed by atoms with van der Waals surface area (Å²) in [6.45, 7) is 3.67. The van der Waals surface area contributed by atoms with E-state index in [4.69, 9.17) is 5.11 Å². The maximum atomic E-state index is 12.5. The van der Waals surface area contributed by atoms with Gasteiger partial charge < -0.3 is 10.2 Å². The average Bonchev–Trinajstić information content (AvgIpc) is 3.09. The molecule has 0 aliphatic rings. The number of hydrogen-bond acceptors (Lipinski definition) is 4. The highest BCUT2D eigenvalue weighted by atomic mass is 16.4. The molecule has 3 aromatic carbocycles. The number of fused-ring (bicyclic) bond motifs is 1. The Hall–Kier alpha value is -4.39. The highest BCUT2D eigenvalue weighted by molar-refractivity contribution is 6.13. The Labute approximate surface area is 184 Å². The van der Waals surface area contributed by atoms with E-state index in [2.05, 4.69) is 10.5 Å². The molecule has 0 aliphatic heterocycles. The average molecular weight is 427 g/mol. The fraction of sp³-hybridized carbons (Fsp3) is 0.0800. The second-order valence-corrected chi connectivity index (χ2v) is 7.41. The zero-order valence-corrected chi connectivity index (χ0v) is 17.5. The van der Waals surface area contributed by atoms with Crippen molar-refractivity contribution < 1.29 is 19.8 Å². The Morgan fingerprint density at radius 2 is 1.66 bits per heavy atom. The highest BCUT2D eigenvalue weighted by Gasteiger charge is 2.20. The maximum Gasteiger partial charge on any atom is 0.335 e. The van der Waals surface area contributed by atoms with Crippen LogP contribution in [0.25, 0.3) is 16.6 Å². The molecule has 0 saturated heterocycles. The first kappa shape index (κ1) is 20.9. The summed E-state index contributed by atoms with van der Waals surface area (Å²) in [7, 11) is 0. The van der Waals surface area contributed by atoms with E-state index in [-0.39, 0.29) is 17.0 Å². The zero-order chi connectivity index (χ0) is 22.8. The molecule has 4 rings (SSSR count). The van der Waals surface area contributed by atoms with Gasteiger partial charge in [-0.2, -0.15) is 5.10 Å². The predicted molar refractivity (Wildman–Crippen MR) is 123 cm³/mol. The summed E-state index contributed by atoms with van der Waals surface area (Å²) in [5, 5.41) is 25.2. The van der Waals surface area contributed by atoms with Gasteiger partial charge in [-0.3, -0.25) is 9.36 Å². The maximum absolute atomic E-state index is 12.5. The molecule has 0 fully saturated rings. The molecule has 0 radical (unpaired) electrons. The number of hydrazone groups is 1. The summed E-state index contributed by atoms with van der Waals surface area (Å²) >= 11 is 0. The lowest BCUT2D eigenvalue weighted by Crippen LogP contribution is -2.19. The van der Waals surface area contributed by atoms with E-state index < -0.39 is 11.9 Å². The van der Waals surface area contributed by atoms with Gasteiger partial charge in [-0.25, -0.2) is 10.2 Å². The van der Waals surface area contributed by atoms with E-state index in [1.54, 1.807) is 11.5 Å². The molecule has 7 heteroatoms. The van der Waals surface area contributed by atoms with Gasteiger partial charge in [0.05, 0.1) is 22.4 Å². The summed E-state index contributed by atoms with van der Waals surface area (Å²) < 4.78 is 1.74. The van der Waals surface area contributed by atoms with Crippen LogP contribution in [0.1, 0.15) is 38.8 Å². The van der Waals surface area contributed by atoms with Crippen molar-refractivity contribution in [1.29, 1.82) is 0 Å². The number of para-hydroxylation sites is 1. The van der Waals surface area contributed by atoms with Crippen molar-refractivity contribution in [3.05, 3.63) is 95.1 Å². The minimum atomic E-state index is -1.12. The summed E-state index contributed by atoms with van der Waals surface area (Å²) in [5.41, 5.74) is 6.22. The molecular formula is C25H21N3O4. The molecule has 0 aliphatic carbocycles. The molecule has 0 saturated carbocycles. The Morgan fingerprint density at radius 1 is 0.938 bits per heavy atom. The van der Waals surface area contributed by atoms with Gasteiger partial charge in [0.15, 0.2) is 0 Å². The first-order valence-electron chi connectivity index (χ1n) is 9.94. The van der Waals surface area contributed by atoms with Crippen molar-refractivity contribution in [3.8, 4) is 11.6 Å². The quantitative estimate of drug-likeness (QED) is 0.322. The van der Waals surface area contributed by atoms with E-state index in [0.717, 1.165) is 22.2 Å². The molecule has 1 aromatic heterocycles. The number of carbonyl (C=O) groups excluding carboxylic acids is 1. The Kier molecular flexibility index (Phi) is 5.47. The van der Waals surface area contributed by atoms with Crippen LogP contribution in [0.2, 0.25) is 0 Å². The molecule has 0 spiro atoms. The standard InChI is InChI=1S/C25H21N3O4/c1-15-7-5-10-19(13-15)28-21-12-4-3-11-20(21)22(24(28)30)16(2)26-27-23(29)17-8-6-9-18(14-17)25(31)32/h3-14,30H,1-2H3,(H,27,29)(H,31,32). The summed E-state index contributed by atoms with van der Waals surface area (Å²) in [6, 6.07) is 21.0. The zero-order valence-electron chi connectivity index (χ0n) is 17.5. The van der Waals surface area contributed by atoms with Gasteiger partial charge in [0.2, 0.25) is 5.88 Å². The predicted octanol–water partition coefficient (Wildman–Crippen LogP) is 4.50. The van der Waals surface area contributed by atoms with Crippen LogP contribution in [0.4, 0.5) is 0 Å². The monoisotopic (exact) mass is 427 g/mol. The van der Waals surface area contributed by atoms with E-state index in [0.29, 0.717) is 11.3 Å². The minimum Gasteiger partial charge on any atom is -0.494 e. The summed E-state index contributed by atoms with van der Waals surface area (Å²) in [5.74, 6) is -1.65. The van der Waals surface area contributed by atoms with Crippen molar-refractivity contribution in [3.63, 3.8) is 0 Å². The Morgan fingerprint density at radius 3 is 2.41 bits per heavy atom. The van der Waals surface area contributed by atoms with Crippen LogP contribution in [0.3, 0.4) is 0 Å². The van der Waals surface area contributed by atoms with E-state index >= 15 is 0 Å². The number of amides is 1. The van der Waals surface area contributed by atoms with Gasteiger partial charge in [-0.1, -0.05) is 36.4 Å². The van der Waals surface area contributed by atoms with Crippen LogP contribution in [-0.2, 0) is 0 Å². The second kappa shape index (κ2) is 8.39. The normalized spacial score (nSPS) is 11.5. The fourth-order valence-electron chi connectivity index (χ4n) is 3.66. The van der Waals surface area contributed by atoms with Gasteiger partial charge in [-0.15, -0.1) is 0 Å². The SMILES string of the molecule is CC(=NNC(=O)c1cccc(C(=O)O)c1)c1c(O)n(-c2cccc(C)c2)c2ccccc12. The van der Waals surface area contributed by atoms with E-state index in [9.17, 15) is 14.7 Å². The molecular weight excluding hydrogens is 406 g/mol. The number of aryl methyl sites for hydroxylation is 1. The lowest BCUT2D eigenvalue weighted by atomic mass is 10.1. The molecule has 1 amide bonds. The lowest BCUT2D eigenvalue weighted by molar-refractivity contribution is 0.0697. The largest absolute Gasteiger partial charge is 0.494 e. The lowest BCUT2D eigenvalue weighted by Gasteiger charge is -2.08. The fourth-order valence-corrected chi connectivity index (χ4v) is 3.66. The topological polar surface area (TPSA) is 104 Å². The number of aromatic nitrogens is 1. The van der Waals surface area contributed by atoms with Crippen molar-refractivity contribution in [2.24, 2.45) is 5.10 Å². The van der Waals surface area contributed by atoms with Crippen molar-refractivity contribution in [2.75, 3.05) is 0 Å². The molecule has 4 aromatic rings. The number of nitrogens with zero attached hydrogens (tertiary/aromatic N) is 2. The first-order chi connectivity index (χ1) is 15.4. The number of hydrogen-bond donors (Lipinski definition) is 3. The van der Waals surface area contributed by atoms with Gasteiger partial charge in [-0.05, 0) is 55.8 Å². The summed E-state index contributed by atoms with van der Waals surface area (Å²) in [4.78, 5) is 23.6. The van der Waals surface area contributed by atoms with E-state index in [1.165, 1.54) is 24.3 Å². The van der Waals surface area contributed by atoms with Crippen LogP contribution in [0.15, 0.2) is 77.9 Å².